The van der Waals surface area contributed by atoms with Crippen LogP contribution >= 0.6 is 0 Å². The van der Waals surface area contributed by atoms with Gasteiger partial charge in [0.05, 0.1) is 18.2 Å². The minimum Gasteiger partial charge on any atom is -0.463 e. The summed E-state index contributed by atoms with van der Waals surface area (Å²) in [4.78, 5) is 43.9. The molecule has 2 atom stereocenters. The summed E-state index contributed by atoms with van der Waals surface area (Å²) in [7, 11) is 1.58. The highest BCUT2D eigenvalue weighted by atomic mass is 19.1. The topological polar surface area (TPSA) is 94.2 Å². The van der Waals surface area contributed by atoms with Crippen molar-refractivity contribution in [3.63, 3.8) is 0 Å². The molecule has 0 radical (unpaired) electrons. The van der Waals surface area contributed by atoms with Crippen LogP contribution in [0.15, 0.2) is 35.5 Å². The Kier molecular flexibility index (Phi) is 8.04. The number of benzene rings is 1. The van der Waals surface area contributed by atoms with Crippen LogP contribution in [0.25, 0.3) is 0 Å². The van der Waals surface area contributed by atoms with Gasteiger partial charge in [-0.15, -0.1) is 0 Å². The second-order valence-corrected chi connectivity index (χ2v) is 10.0. The van der Waals surface area contributed by atoms with Gasteiger partial charge >= 0.3 is 18.0 Å². The van der Waals surface area contributed by atoms with Crippen LogP contribution in [0.3, 0.4) is 0 Å². The number of ether oxygens (including phenoxy) is 1. The number of nitrogens with zero attached hydrogens (tertiary/aromatic N) is 3. The monoisotopic (exact) mass is 489 g/mol. The molecule has 0 saturated carbocycles. The average molecular weight is 490 g/mol. The third kappa shape index (κ3) is 6.11. The number of esters is 1. The molecular formula is C25H36FN5O4. The lowest BCUT2D eigenvalue weighted by atomic mass is 9.93. The van der Waals surface area contributed by atoms with Gasteiger partial charge in [0.15, 0.2) is 0 Å². The second kappa shape index (κ2) is 10.6. The maximum atomic E-state index is 14.7. The number of likely N-dealkylation sites (N-methyl/N-ethyl adjacent to an activating group) is 1. The number of nitrogens with one attached hydrogen (secondary N) is 2. The fraction of sp³-hybridized carbons (Fsp3) is 0.560. The summed E-state index contributed by atoms with van der Waals surface area (Å²) in [6.45, 7) is 11.5. The molecule has 1 saturated heterocycles. The Labute approximate surface area is 206 Å². The highest BCUT2D eigenvalue weighted by molar-refractivity contribution is 5.95. The molecule has 192 valence electrons. The molecule has 2 heterocycles. The largest absolute Gasteiger partial charge is 0.463 e. The first-order valence-electron chi connectivity index (χ1n) is 11.9. The lowest BCUT2D eigenvalue weighted by Gasteiger charge is -2.43. The van der Waals surface area contributed by atoms with Crippen LogP contribution in [0, 0.1) is 5.82 Å². The van der Waals surface area contributed by atoms with Crippen molar-refractivity contribution in [2.45, 2.75) is 52.2 Å². The van der Waals surface area contributed by atoms with E-state index in [1.807, 2.05) is 27.7 Å². The Morgan fingerprint density at radius 2 is 1.91 bits per heavy atom. The number of halogens is 1. The summed E-state index contributed by atoms with van der Waals surface area (Å²) in [5.74, 6) is -1.12. The zero-order chi connectivity index (χ0) is 25.9. The smallest absolute Gasteiger partial charge is 0.338 e. The van der Waals surface area contributed by atoms with E-state index in [-0.39, 0.29) is 41.9 Å². The molecule has 1 aromatic carbocycles. The van der Waals surface area contributed by atoms with Crippen LogP contribution in [0.5, 0.6) is 0 Å². The highest BCUT2D eigenvalue weighted by Crippen LogP contribution is 2.33. The van der Waals surface area contributed by atoms with E-state index in [0.29, 0.717) is 25.3 Å². The SMILES string of the molecule is CCOC(=O)C1=C(CN2CCN(C(=O)NC(C)(C)C)[C@H](C)C2)N(C)C(=O)N[C@@H]1c1ccccc1F. The van der Waals surface area contributed by atoms with Crippen LogP contribution in [0.1, 0.15) is 46.2 Å². The van der Waals surface area contributed by atoms with E-state index in [1.54, 1.807) is 37.1 Å². The molecule has 0 aliphatic carbocycles. The van der Waals surface area contributed by atoms with Crippen molar-refractivity contribution >= 4 is 18.0 Å². The summed E-state index contributed by atoms with van der Waals surface area (Å²) in [5, 5.41) is 5.74. The standard InChI is InChI=1S/C25H36FN5O4/c1-7-35-22(32)20-19(29(6)23(33)27-21(20)17-10-8-9-11-18(17)26)15-30-12-13-31(16(2)14-30)24(34)28-25(3,4)5/h8-11,16,21H,7,12-15H2,1-6H3,(H,27,33)(H,28,34)/t16-,21-/m1/s1. The van der Waals surface area contributed by atoms with Gasteiger partial charge in [-0.1, -0.05) is 18.2 Å². The molecular weight excluding hydrogens is 453 g/mol. The molecule has 35 heavy (non-hydrogen) atoms. The van der Waals surface area contributed by atoms with Crippen molar-refractivity contribution in [2.24, 2.45) is 0 Å². The lowest BCUT2D eigenvalue weighted by Crippen LogP contribution is -2.59. The molecule has 0 unspecified atom stereocenters. The van der Waals surface area contributed by atoms with Gasteiger partial charge in [0.2, 0.25) is 0 Å². The van der Waals surface area contributed by atoms with Crippen molar-refractivity contribution in [2.75, 3.05) is 39.8 Å². The lowest BCUT2D eigenvalue weighted by molar-refractivity contribution is -0.139. The summed E-state index contributed by atoms with van der Waals surface area (Å²) < 4.78 is 20.0. The second-order valence-electron chi connectivity index (χ2n) is 10.0. The van der Waals surface area contributed by atoms with Crippen LogP contribution in [-0.2, 0) is 9.53 Å². The van der Waals surface area contributed by atoms with Crippen molar-refractivity contribution in [1.29, 1.82) is 0 Å². The first-order valence-corrected chi connectivity index (χ1v) is 11.9. The molecule has 2 N–H and O–H groups in total. The van der Waals surface area contributed by atoms with Crippen molar-refractivity contribution in [3.8, 4) is 0 Å². The van der Waals surface area contributed by atoms with Gasteiger partial charge in [-0.05, 0) is 40.7 Å². The predicted octanol–water partition coefficient (Wildman–Crippen LogP) is 2.85. The molecule has 2 aliphatic heterocycles. The van der Waals surface area contributed by atoms with Gasteiger partial charge in [-0.2, -0.15) is 0 Å². The number of hydrogen-bond acceptors (Lipinski definition) is 5. The molecule has 0 bridgehead atoms. The summed E-state index contributed by atoms with van der Waals surface area (Å²) in [6, 6.07) is 4.47. The number of amides is 4. The van der Waals surface area contributed by atoms with E-state index in [0.717, 1.165) is 0 Å². The van der Waals surface area contributed by atoms with Crippen LogP contribution in [-0.4, -0.2) is 84.1 Å². The Balaban J connectivity index is 1.90. The zero-order valence-electron chi connectivity index (χ0n) is 21.4. The van der Waals surface area contributed by atoms with Gasteiger partial charge in [-0.25, -0.2) is 18.8 Å². The maximum Gasteiger partial charge on any atom is 0.338 e. The number of carbonyl (C=O) groups is 3. The van der Waals surface area contributed by atoms with Gasteiger partial charge in [-0.3, -0.25) is 9.80 Å². The molecule has 2 aliphatic rings. The average Bonchev–Trinajstić information content (AvgIpc) is 2.76. The van der Waals surface area contributed by atoms with Gasteiger partial charge in [0.1, 0.15) is 5.82 Å². The maximum absolute atomic E-state index is 14.7. The molecule has 10 heteroatoms. The first-order chi connectivity index (χ1) is 16.4. The normalized spacial score (nSPS) is 21.6. The number of piperazine rings is 1. The molecule has 3 rings (SSSR count). The van der Waals surface area contributed by atoms with E-state index in [9.17, 15) is 18.8 Å². The molecule has 9 nitrogen and oxygen atoms in total. The molecule has 1 fully saturated rings. The zero-order valence-corrected chi connectivity index (χ0v) is 21.4. The minimum atomic E-state index is -0.967. The summed E-state index contributed by atoms with van der Waals surface area (Å²) in [5.41, 5.74) is 0.527. The summed E-state index contributed by atoms with van der Waals surface area (Å²) in [6.07, 6.45) is 0. The third-order valence-electron chi connectivity index (χ3n) is 6.12. The Bertz CT molecular complexity index is 1010. The fourth-order valence-electron chi connectivity index (χ4n) is 4.42. The first kappa shape index (κ1) is 26.5. The summed E-state index contributed by atoms with van der Waals surface area (Å²) >= 11 is 0. The van der Waals surface area contributed by atoms with Gasteiger partial charge in [0.25, 0.3) is 0 Å². The molecule has 0 aromatic heterocycles. The van der Waals surface area contributed by atoms with E-state index >= 15 is 0 Å². The van der Waals surface area contributed by atoms with E-state index in [4.69, 9.17) is 4.74 Å². The van der Waals surface area contributed by atoms with Crippen LogP contribution in [0.2, 0.25) is 0 Å². The Morgan fingerprint density at radius 3 is 2.51 bits per heavy atom. The highest BCUT2D eigenvalue weighted by Gasteiger charge is 2.39. The van der Waals surface area contributed by atoms with E-state index < -0.39 is 23.9 Å². The molecule has 4 amide bonds. The number of urea groups is 2. The minimum absolute atomic E-state index is 0.0807. The van der Waals surface area contributed by atoms with Gasteiger partial charge < -0.3 is 20.3 Å². The fourth-order valence-corrected chi connectivity index (χ4v) is 4.42. The van der Waals surface area contributed by atoms with Crippen molar-refractivity contribution in [3.05, 3.63) is 46.9 Å². The van der Waals surface area contributed by atoms with Crippen molar-refractivity contribution in [1.82, 2.24) is 25.3 Å². The van der Waals surface area contributed by atoms with Crippen LogP contribution in [0.4, 0.5) is 14.0 Å². The molecule has 0 spiro atoms. The van der Waals surface area contributed by atoms with Crippen LogP contribution < -0.4 is 10.6 Å². The van der Waals surface area contributed by atoms with E-state index in [1.165, 1.54) is 11.0 Å². The number of carbonyl (C=O) groups excluding carboxylic acids is 3. The predicted molar refractivity (Wildman–Crippen MR) is 130 cm³/mol. The number of hydrogen-bond donors (Lipinski definition) is 2. The third-order valence-corrected chi connectivity index (χ3v) is 6.12. The molecule has 1 aromatic rings. The number of rotatable bonds is 5. The van der Waals surface area contributed by atoms with Crippen molar-refractivity contribution < 1.29 is 23.5 Å². The Hall–Kier alpha value is -3.14. The van der Waals surface area contributed by atoms with Gasteiger partial charge in [0, 0.05) is 56.1 Å². The Morgan fingerprint density at radius 1 is 1.23 bits per heavy atom. The quantitative estimate of drug-likeness (QED) is 0.621. The van der Waals surface area contributed by atoms with E-state index in [2.05, 4.69) is 15.5 Å².